The van der Waals surface area contributed by atoms with Crippen LogP contribution in [0.3, 0.4) is 0 Å². The number of benzene rings is 1. The van der Waals surface area contributed by atoms with Crippen LogP contribution in [0, 0.1) is 0 Å². The summed E-state index contributed by atoms with van der Waals surface area (Å²) in [5.41, 5.74) is 1.27. The summed E-state index contributed by atoms with van der Waals surface area (Å²) in [5, 5.41) is 5.18. The lowest BCUT2D eigenvalue weighted by Gasteiger charge is -2.32. The Kier molecular flexibility index (Phi) is 6.48. The molecule has 1 aliphatic rings. The van der Waals surface area contributed by atoms with E-state index in [1.165, 1.54) is 37.9 Å². The molecule has 1 aliphatic heterocycles. The molecule has 1 amide bonds. The van der Waals surface area contributed by atoms with Gasteiger partial charge in [0.05, 0.1) is 33.2 Å². The number of ether oxygens (including phenoxy) is 1. The zero-order chi connectivity index (χ0) is 17.5. The summed E-state index contributed by atoms with van der Waals surface area (Å²) < 4.78 is 5.28. The quantitative estimate of drug-likeness (QED) is 0.796. The van der Waals surface area contributed by atoms with Crippen LogP contribution in [0.25, 0.3) is 0 Å². The summed E-state index contributed by atoms with van der Waals surface area (Å²) in [7, 11) is 1.69. The maximum Gasteiger partial charge on any atom is 0.225 e. The van der Waals surface area contributed by atoms with Crippen molar-refractivity contribution in [3.05, 3.63) is 52.2 Å². The first kappa shape index (κ1) is 18.0. The molecule has 2 heterocycles. The summed E-state index contributed by atoms with van der Waals surface area (Å²) in [6.45, 7) is 3.04. The van der Waals surface area contributed by atoms with Crippen molar-refractivity contribution in [2.75, 3.05) is 26.7 Å². The van der Waals surface area contributed by atoms with Gasteiger partial charge in [0, 0.05) is 10.4 Å². The van der Waals surface area contributed by atoms with Gasteiger partial charge in [-0.1, -0.05) is 6.07 Å². The van der Waals surface area contributed by atoms with E-state index in [4.69, 9.17) is 4.74 Å². The van der Waals surface area contributed by atoms with Gasteiger partial charge < -0.3 is 15.0 Å². The maximum absolute atomic E-state index is 12.3. The number of amides is 1. The Hall–Kier alpha value is -1.85. The molecule has 1 atom stereocenters. The molecule has 134 valence electrons. The van der Waals surface area contributed by atoms with Crippen molar-refractivity contribution in [1.82, 2.24) is 5.32 Å². The average molecular weight is 360 g/mol. The summed E-state index contributed by atoms with van der Waals surface area (Å²) in [5.74, 6) is 0.982. The number of hydrogen-bond donors (Lipinski definition) is 2. The van der Waals surface area contributed by atoms with Crippen LogP contribution in [0.1, 0.15) is 35.7 Å². The van der Waals surface area contributed by atoms with Crippen molar-refractivity contribution in [2.24, 2.45) is 0 Å². The predicted octanol–water partition coefficient (Wildman–Crippen LogP) is 2.23. The fourth-order valence-corrected chi connectivity index (χ4v) is 4.24. The fraction of sp³-hybridized carbons (Fsp3) is 0.450. The largest absolute Gasteiger partial charge is 0.497 e. The molecular formula is C20H27N2O2S+. The van der Waals surface area contributed by atoms with Gasteiger partial charge in [-0.15, -0.1) is 11.3 Å². The highest BCUT2D eigenvalue weighted by atomic mass is 32.1. The van der Waals surface area contributed by atoms with Gasteiger partial charge in [-0.2, -0.15) is 0 Å². The molecule has 0 radical (unpaired) electrons. The SMILES string of the molecule is COc1ccc([C@H](CNC(=O)Cc2cccs2)[NH+]2CCCCC2)cc1. The lowest BCUT2D eigenvalue weighted by molar-refractivity contribution is -0.935. The molecule has 1 aromatic carbocycles. The van der Waals surface area contributed by atoms with E-state index in [-0.39, 0.29) is 5.91 Å². The summed E-state index contributed by atoms with van der Waals surface area (Å²) in [6.07, 6.45) is 4.34. The number of piperidine rings is 1. The average Bonchev–Trinajstić information content (AvgIpc) is 3.16. The third-order valence-electron chi connectivity index (χ3n) is 4.92. The molecule has 1 aromatic heterocycles. The zero-order valence-electron chi connectivity index (χ0n) is 14.8. The zero-order valence-corrected chi connectivity index (χ0v) is 15.6. The molecule has 0 saturated carbocycles. The van der Waals surface area contributed by atoms with Crippen LogP contribution in [0.4, 0.5) is 0 Å². The highest BCUT2D eigenvalue weighted by molar-refractivity contribution is 7.10. The molecule has 0 spiro atoms. The van der Waals surface area contributed by atoms with E-state index in [0.29, 0.717) is 19.0 Å². The topological polar surface area (TPSA) is 42.8 Å². The Balaban J connectivity index is 1.65. The molecule has 3 rings (SSSR count). The fourth-order valence-electron chi connectivity index (χ4n) is 3.54. The lowest BCUT2D eigenvalue weighted by atomic mass is 10.0. The normalized spacial score (nSPS) is 16.4. The molecule has 5 heteroatoms. The van der Waals surface area contributed by atoms with E-state index < -0.39 is 0 Å². The number of rotatable bonds is 7. The van der Waals surface area contributed by atoms with Crippen molar-refractivity contribution < 1.29 is 14.4 Å². The van der Waals surface area contributed by atoms with E-state index >= 15 is 0 Å². The molecule has 2 aromatic rings. The Morgan fingerprint density at radius 1 is 1.20 bits per heavy atom. The molecule has 0 bridgehead atoms. The second-order valence-electron chi connectivity index (χ2n) is 6.60. The van der Waals surface area contributed by atoms with Gasteiger partial charge in [0.25, 0.3) is 0 Å². The first-order chi connectivity index (χ1) is 12.3. The number of carbonyl (C=O) groups is 1. The number of carbonyl (C=O) groups excluding carboxylic acids is 1. The maximum atomic E-state index is 12.3. The Morgan fingerprint density at radius 2 is 1.96 bits per heavy atom. The number of quaternary nitrogens is 1. The van der Waals surface area contributed by atoms with Crippen LogP contribution in [-0.4, -0.2) is 32.7 Å². The third-order valence-corrected chi connectivity index (χ3v) is 5.80. The van der Waals surface area contributed by atoms with Gasteiger partial charge in [0.1, 0.15) is 11.8 Å². The molecule has 4 nitrogen and oxygen atoms in total. The second-order valence-corrected chi connectivity index (χ2v) is 7.64. The Labute approximate surface area is 153 Å². The van der Waals surface area contributed by atoms with Gasteiger partial charge in [-0.05, 0) is 55.0 Å². The van der Waals surface area contributed by atoms with Gasteiger partial charge in [-0.25, -0.2) is 0 Å². The van der Waals surface area contributed by atoms with Gasteiger partial charge >= 0.3 is 0 Å². The number of hydrogen-bond acceptors (Lipinski definition) is 3. The van der Waals surface area contributed by atoms with Gasteiger partial charge in [0.2, 0.25) is 5.91 Å². The van der Waals surface area contributed by atoms with Crippen LogP contribution >= 0.6 is 11.3 Å². The standard InChI is InChI=1S/C20H26N2O2S/c1-24-17-9-7-16(8-10-17)19(22-11-3-2-4-12-22)15-21-20(23)14-18-6-5-13-25-18/h5-10,13,19H,2-4,11-12,14-15H2,1H3,(H,21,23)/p+1/t19-/m0/s1. The number of likely N-dealkylation sites (tertiary alicyclic amines) is 1. The van der Waals surface area contributed by atoms with E-state index in [2.05, 4.69) is 17.4 Å². The Morgan fingerprint density at radius 3 is 2.60 bits per heavy atom. The molecular weight excluding hydrogens is 332 g/mol. The molecule has 1 fully saturated rings. The summed E-state index contributed by atoms with van der Waals surface area (Å²) in [4.78, 5) is 15.0. The van der Waals surface area contributed by atoms with Crippen molar-refractivity contribution in [2.45, 2.75) is 31.7 Å². The van der Waals surface area contributed by atoms with Crippen LogP contribution < -0.4 is 15.0 Å². The minimum atomic E-state index is 0.109. The van der Waals surface area contributed by atoms with Gasteiger partial charge in [0.15, 0.2) is 0 Å². The number of thiophene rings is 1. The van der Waals surface area contributed by atoms with Crippen LogP contribution in [-0.2, 0) is 11.2 Å². The van der Waals surface area contributed by atoms with Crippen molar-refractivity contribution in [3.8, 4) is 5.75 Å². The molecule has 2 N–H and O–H groups in total. The van der Waals surface area contributed by atoms with E-state index in [1.807, 2.05) is 29.6 Å². The molecule has 1 saturated heterocycles. The summed E-state index contributed by atoms with van der Waals surface area (Å²) >= 11 is 1.63. The monoisotopic (exact) mass is 359 g/mol. The van der Waals surface area contributed by atoms with E-state index in [0.717, 1.165) is 10.6 Å². The van der Waals surface area contributed by atoms with E-state index in [1.54, 1.807) is 23.3 Å². The van der Waals surface area contributed by atoms with Crippen LogP contribution in [0.2, 0.25) is 0 Å². The third kappa shape index (κ3) is 5.06. The lowest BCUT2D eigenvalue weighted by Crippen LogP contribution is -3.13. The highest BCUT2D eigenvalue weighted by Crippen LogP contribution is 2.17. The van der Waals surface area contributed by atoms with Crippen LogP contribution in [0.5, 0.6) is 5.75 Å². The minimum Gasteiger partial charge on any atom is -0.497 e. The number of nitrogens with one attached hydrogen (secondary N) is 2. The van der Waals surface area contributed by atoms with Crippen molar-refractivity contribution in [1.29, 1.82) is 0 Å². The summed E-state index contributed by atoms with van der Waals surface area (Å²) in [6, 6.07) is 12.6. The van der Waals surface area contributed by atoms with Crippen molar-refractivity contribution in [3.63, 3.8) is 0 Å². The Bertz CT molecular complexity index is 649. The van der Waals surface area contributed by atoms with Crippen LogP contribution in [0.15, 0.2) is 41.8 Å². The highest BCUT2D eigenvalue weighted by Gasteiger charge is 2.26. The van der Waals surface area contributed by atoms with Crippen molar-refractivity contribution >= 4 is 17.2 Å². The van der Waals surface area contributed by atoms with E-state index in [9.17, 15) is 4.79 Å². The van der Waals surface area contributed by atoms with Gasteiger partial charge in [-0.3, -0.25) is 4.79 Å². The second kappa shape index (κ2) is 9.02. The predicted molar refractivity (Wildman–Crippen MR) is 101 cm³/mol. The minimum absolute atomic E-state index is 0.109. The number of methoxy groups -OCH3 is 1. The molecule has 25 heavy (non-hydrogen) atoms. The molecule has 0 unspecified atom stereocenters. The molecule has 0 aliphatic carbocycles. The first-order valence-corrected chi connectivity index (χ1v) is 9.92. The first-order valence-electron chi connectivity index (χ1n) is 9.04. The smallest absolute Gasteiger partial charge is 0.225 e.